The Morgan fingerprint density at radius 3 is 2.69 bits per heavy atom. The number of amidine groups is 1. The first-order valence-corrected chi connectivity index (χ1v) is 5.94. The van der Waals surface area contributed by atoms with Gasteiger partial charge in [0.2, 0.25) is 5.91 Å². The molecule has 1 atom stereocenters. The Bertz CT molecular complexity index is 260. The van der Waals surface area contributed by atoms with Gasteiger partial charge in [-0.1, -0.05) is 24.9 Å². The Balaban J connectivity index is 2.39. The number of oxime groups is 1. The van der Waals surface area contributed by atoms with Crippen LogP contribution in [0.1, 0.15) is 45.4 Å². The van der Waals surface area contributed by atoms with E-state index in [0.717, 1.165) is 32.1 Å². The van der Waals surface area contributed by atoms with E-state index in [9.17, 15) is 4.79 Å². The normalized spacial score (nSPS) is 19.7. The summed E-state index contributed by atoms with van der Waals surface area (Å²) in [6.45, 7) is 1.98. The first-order valence-electron chi connectivity index (χ1n) is 5.94. The average molecular weight is 227 g/mol. The molecule has 1 aliphatic carbocycles. The minimum absolute atomic E-state index is 0.0241. The molecular formula is C11H21N3O2. The zero-order valence-electron chi connectivity index (χ0n) is 9.78. The fraction of sp³-hybridized carbons (Fsp3) is 0.818. The largest absolute Gasteiger partial charge is 0.409 e. The van der Waals surface area contributed by atoms with E-state index in [1.807, 2.05) is 6.92 Å². The summed E-state index contributed by atoms with van der Waals surface area (Å²) in [5.41, 5.74) is 5.43. The molecule has 5 heteroatoms. The number of carbonyl (C=O) groups excluding carboxylic acids is 1. The molecule has 0 aromatic carbocycles. The molecule has 5 nitrogen and oxygen atoms in total. The first-order chi connectivity index (χ1) is 7.67. The van der Waals surface area contributed by atoms with Gasteiger partial charge in [0.15, 0.2) is 0 Å². The molecule has 0 aromatic heterocycles. The summed E-state index contributed by atoms with van der Waals surface area (Å²) in [6, 6.07) is -0.0241. The van der Waals surface area contributed by atoms with Crippen molar-refractivity contribution in [3.05, 3.63) is 0 Å². The molecule has 0 aliphatic heterocycles. The number of hydrogen-bond acceptors (Lipinski definition) is 3. The van der Waals surface area contributed by atoms with E-state index in [0.29, 0.717) is 6.42 Å². The maximum Gasteiger partial charge on any atom is 0.223 e. The van der Waals surface area contributed by atoms with Crippen LogP contribution >= 0.6 is 0 Å². The van der Waals surface area contributed by atoms with Gasteiger partial charge in [-0.25, -0.2) is 0 Å². The van der Waals surface area contributed by atoms with Gasteiger partial charge in [0.05, 0.1) is 0 Å². The average Bonchev–Trinajstić information content (AvgIpc) is 2.81. The van der Waals surface area contributed by atoms with Gasteiger partial charge in [0, 0.05) is 18.4 Å². The maximum absolute atomic E-state index is 11.8. The second-order valence-corrected chi connectivity index (χ2v) is 4.39. The van der Waals surface area contributed by atoms with Crippen molar-refractivity contribution in [1.29, 1.82) is 0 Å². The molecule has 0 spiro atoms. The van der Waals surface area contributed by atoms with E-state index >= 15 is 0 Å². The Morgan fingerprint density at radius 1 is 1.56 bits per heavy atom. The number of nitrogens with two attached hydrogens (primary N) is 1. The molecule has 1 aliphatic rings. The number of nitrogens with one attached hydrogen (secondary N) is 1. The van der Waals surface area contributed by atoms with Crippen LogP contribution in [0.5, 0.6) is 0 Å². The Hall–Kier alpha value is -1.26. The van der Waals surface area contributed by atoms with Crippen molar-refractivity contribution in [1.82, 2.24) is 5.32 Å². The van der Waals surface area contributed by atoms with Gasteiger partial charge in [0.25, 0.3) is 0 Å². The molecule has 1 amide bonds. The predicted molar refractivity (Wildman–Crippen MR) is 62.2 cm³/mol. The highest BCUT2D eigenvalue weighted by Gasteiger charge is 2.24. The molecule has 0 radical (unpaired) electrons. The number of carbonyl (C=O) groups is 1. The molecule has 1 unspecified atom stereocenters. The second-order valence-electron chi connectivity index (χ2n) is 4.39. The van der Waals surface area contributed by atoms with Crippen LogP contribution in [0.2, 0.25) is 0 Å². The highest BCUT2D eigenvalue weighted by Crippen LogP contribution is 2.24. The third-order valence-corrected chi connectivity index (χ3v) is 3.15. The highest BCUT2D eigenvalue weighted by atomic mass is 16.4. The lowest BCUT2D eigenvalue weighted by Gasteiger charge is -2.18. The predicted octanol–water partition coefficient (Wildman–Crippen LogP) is 1.21. The molecule has 0 heterocycles. The van der Waals surface area contributed by atoms with Crippen LogP contribution < -0.4 is 11.1 Å². The van der Waals surface area contributed by atoms with E-state index in [4.69, 9.17) is 10.9 Å². The van der Waals surface area contributed by atoms with E-state index < -0.39 is 0 Å². The molecule has 0 aromatic rings. The molecule has 0 bridgehead atoms. The summed E-state index contributed by atoms with van der Waals surface area (Å²) in [5, 5.41) is 14.4. The topological polar surface area (TPSA) is 87.7 Å². The van der Waals surface area contributed by atoms with Crippen LogP contribution in [0.4, 0.5) is 0 Å². The van der Waals surface area contributed by atoms with Gasteiger partial charge in [0.1, 0.15) is 5.84 Å². The zero-order chi connectivity index (χ0) is 12.0. The number of hydrogen-bond donors (Lipinski definition) is 3. The fourth-order valence-corrected chi connectivity index (χ4v) is 2.10. The van der Waals surface area contributed by atoms with Crippen LogP contribution in [-0.4, -0.2) is 23.0 Å². The number of nitrogens with zero attached hydrogens (tertiary/aromatic N) is 1. The van der Waals surface area contributed by atoms with E-state index in [-0.39, 0.29) is 23.7 Å². The van der Waals surface area contributed by atoms with Crippen molar-refractivity contribution >= 4 is 11.7 Å². The Kier molecular flexibility index (Phi) is 5.08. The van der Waals surface area contributed by atoms with E-state index in [1.165, 1.54) is 0 Å². The molecule has 1 saturated carbocycles. The van der Waals surface area contributed by atoms with Gasteiger partial charge >= 0.3 is 0 Å². The molecule has 16 heavy (non-hydrogen) atoms. The zero-order valence-corrected chi connectivity index (χ0v) is 9.78. The first kappa shape index (κ1) is 12.8. The molecule has 1 fully saturated rings. The summed E-state index contributed by atoms with van der Waals surface area (Å²) in [7, 11) is 0. The van der Waals surface area contributed by atoms with Gasteiger partial charge in [-0.2, -0.15) is 0 Å². The lowest BCUT2D eigenvalue weighted by molar-refractivity contribution is -0.125. The van der Waals surface area contributed by atoms with Crippen LogP contribution in [0, 0.1) is 5.92 Å². The number of amides is 1. The molecule has 92 valence electrons. The second kappa shape index (κ2) is 6.35. The summed E-state index contributed by atoms with van der Waals surface area (Å²) < 4.78 is 0. The summed E-state index contributed by atoms with van der Waals surface area (Å²) >= 11 is 0. The van der Waals surface area contributed by atoms with Crippen molar-refractivity contribution in [3.8, 4) is 0 Å². The minimum Gasteiger partial charge on any atom is -0.409 e. The standard InChI is InChI=1S/C11H21N3O2/c1-2-9(7-10(12)14-16)13-11(15)8-5-3-4-6-8/h8-9,16H,2-7H2,1H3,(H2,12,14)(H,13,15). The third kappa shape index (κ3) is 3.72. The SMILES string of the molecule is CCC(CC(N)=NO)NC(=O)C1CCCC1. The molecular weight excluding hydrogens is 206 g/mol. The third-order valence-electron chi connectivity index (χ3n) is 3.15. The van der Waals surface area contributed by atoms with E-state index in [1.54, 1.807) is 0 Å². The lowest BCUT2D eigenvalue weighted by atomic mass is 10.1. The molecule has 4 N–H and O–H groups in total. The van der Waals surface area contributed by atoms with E-state index in [2.05, 4.69) is 10.5 Å². The maximum atomic E-state index is 11.8. The van der Waals surface area contributed by atoms with Crippen molar-refractivity contribution in [3.63, 3.8) is 0 Å². The molecule has 0 saturated heterocycles. The van der Waals surface area contributed by atoms with Crippen LogP contribution in [-0.2, 0) is 4.79 Å². The van der Waals surface area contributed by atoms with Crippen molar-refractivity contribution in [2.45, 2.75) is 51.5 Å². The number of rotatable bonds is 5. The van der Waals surface area contributed by atoms with Gasteiger partial charge < -0.3 is 16.3 Å². The van der Waals surface area contributed by atoms with Crippen molar-refractivity contribution in [2.24, 2.45) is 16.8 Å². The summed E-state index contributed by atoms with van der Waals surface area (Å²) in [6.07, 6.45) is 5.47. The summed E-state index contributed by atoms with van der Waals surface area (Å²) in [4.78, 5) is 11.8. The van der Waals surface area contributed by atoms with Crippen LogP contribution in [0.3, 0.4) is 0 Å². The quantitative estimate of drug-likeness (QED) is 0.285. The van der Waals surface area contributed by atoms with Gasteiger partial charge in [-0.3, -0.25) is 4.79 Å². The Morgan fingerprint density at radius 2 is 2.19 bits per heavy atom. The van der Waals surface area contributed by atoms with Crippen molar-refractivity contribution < 1.29 is 10.0 Å². The van der Waals surface area contributed by atoms with Crippen LogP contribution in [0.25, 0.3) is 0 Å². The van der Waals surface area contributed by atoms with Crippen molar-refractivity contribution in [2.75, 3.05) is 0 Å². The lowest BCUT2D eigenvalue weighted by Crippen LogP contribution is -2.40. The monoisotopic (exact) mass is 227 g/mol. The summed E-state index contributed by atoms with van der Waals surface area (Å²) in [5.74, 6) is 0.454. The van der Waals surface area contributed by atoms with Crippen LogP contribution in [0.15, 0.2) is 5.16 Å². The van der Waals surface area contributed by atoms with Gasteiger partial charge in [-0.15, -0.1) is 0 Å². The smallest absolute Gasteiger partial charge is 0.223 e. The fourth-order valence-electron chi connectivity index (χ4n) is 2.10. The Labute approximate surface area is 96.1 Å². The minimum atomic E-state index is -0.0241. The van der Waals surface area contributed by atoms with Gasteiger partial charge in [-0.05, 0) is 19.3 Å². The molecule has 1 rings (SSSR count). The highest BCUT2D eigenvalue weighted by molar-refractivity contribution is 5.82.